The first-order valence-electron chi connectivity index (χ1n) is 5.33. The smallest absolute Gasteiger partial charge is 0.323 e. The van der Waals surface area contributed by atoms with Crippen LogP contribution in [-0.4, -0.2) is 35.9 Å². The van der Waals surface area contributed by atoms with Gasteiger partial charge in [0.2, 0.25) is 0 Å². The number of piperidine rings is 2. The molecule has 2 N–H and O–H groups in total. The SMILES string of the molecule is CCOC(=O)[C@H]1N[C@H]2CC[C@@H]1C[C@@H]2O. The topological polar surface area (TPSA) is 58.6 Å². The second-order valence-electron chi connectivity index (χ2n) is 4.14. The van der Waals surface area contributed by atoms with Crippen molar-refractivity contribution in [3.8, 4) is 0 Å². The Balaban J connectivity index is 1.99. The molecule has 4 nitrogen and oxygen atoms in total. The minimum absolute atomic E-state index is 0.0920. The van der Waals surface area contributed by atoms with Gasteiger partial charge in [0.05, 0.1) is 12.7 Å². The van der Waals surface area contributed by atoms with Gasteiger partial charge in [-0.05, 0) is 32.1 Å². The molecule has 1 saturated carbocycles. The van der Waals surface area contributed by atoms with Crippen LogP contribution in [0.1, 0.15) is 26.2 Å². The van der Waals surface area contributed by atoms with Crippen LogP contribution >= 0.6 is 0 Å². The first-order valence-corrected chi connectivity index (χ1v) is 5.33. The molecule has 2 bridgehead atoms. The van der Waals surface area contributed by atoms with Crippen molar-refractivity contribution in [2.75, 3.05) is 6.61 Å². The molecule has 0 aromatic carbocycles. The Morgan fingerprint density at radius 3 is 2.86 bits per heavy atom. The Morgan fingerprint density at radius 2 is 2.36 bits per heavy atom. The summed E-state index contributed by atoms with van der Waals surface area (Å²) in [5.41, 5.74) is 0. The maximum atomic E-state index is 11.5. The van der Waals surface area contributed by atoms with Gasteiger partial charge in [-0.2, -0.15) is 0 Å². The molecule has 0 aromatic heterocycles. The van der Waals surface area contributed by atoms with Crippen LogP contribution in [0.4, 0.5) is 0 Å². The average molecular weight is 199 g/mol. The van der Waals surface area contributed by atoms with Crippen molar-refractivity contribution in [3.05, 3.63) is 0 Å². The average Bonchev–Trinajstić information content (AvgIpc) is 2.18. The molecule has 3 aliphatic rings. The third-order valence-electron chi connectivity index (χ3n) is 3.26. The van der Waals surface area contributed by atoms with Gasteiger partial charge in [0.15, 0.2) is 0 Å². The van der Waals surface area contributed by atoms with Gasteiger partial charge < -0.3 is 9.84 Å². The minimum atomic E-state index is -0.278. The Bertz CT molecular complexity index is 231. The van der Waals surface area contributed by atoms with Crippen molar-refractivity contribution in [1.29, 1.82) is 0 Å². The fourth-order valence-corrected chi connectivity index (χ4v) is 2.53. The van der Waals surface area contributed by atoms with Crippen LogP contribution in [0.25, 0.3) is 0 Å². The lowest BCUT2D eigenvalue weighted by atomic mass is 9.74. The fourth-order valence-electron chi connectivity index (χ4n) is 2.53. The molecule has 80 valence electrons. The maximum Gasteiger partial charge on any atom is 0.323 e. The molecule has 2 saturated heterocycles. The highest BCUT2D eigenvalue weighted by Crippen LogP contribution is 2.33. The summed E-state index contributed by atoms with van der Waals surface area (Å²) < 4.78 is 4.99. The number of carbonyl (C=O) groups excluding carboxylic acids is 1. The summed E-state index contributed by atoms with van der Waals surface area (Å²) in [6, 6.07) is -0.0912. The van der Waals surface area contributed by atoms with Crippen molar-refractivity contribution >= 4 is 5.97 Å². The molecule has 3 rings (SSSR count). The minimum Gasteiger partial charge on any atom is -0.465 e. The van der Waals surface area contributed by atoms with Crippen LogP contribution in [0.5, 0.6) is 0 Å². The molecule has 2 aliphatic heterocycles. The molecule has 0 unspecified atom stereocenters. The van der Waals surface area contributed by atoms with Crippen molar-refractivity contribution in [1.82, 2.24) is 5.32 Å². The monoisotopic (exact) mass is 199 g/mol. The van der Waals surface area contributed by atoms with Gasteiger partial charge in [0.25, 0.3) is 0 Å². The number of esters is 1. The van der Waals surface area contributed by atoms with Gasteiger partial charge >= 0.3 is 5.97 Å². The number of hydrogen-bond acceptors (Lipinski definition) is 4. The Morgan fingerprint density at radius 1 is 1.57 bits per heavy atom. The Labute approximate surface area is 83.6 Å². The molecule has 2 heterocycles. The lowest BCUT2D eigenvalue weighted by Gasteiger charge is -2.44. The van der Waals surface area contributed by atoms with Crippen molar-refractivity contribution < 1.29 is 14.6 Å². The number of carbonyl (C=O) groups is 1. The maximum absolute atomic E-state index is 11.5. The molecule has 0 radical (unpaired) electrons. The summed E-state index contributed by atoms with van der Waals surface area (Å²) >= 11 is 0. The zero-order valence-electron chi connectivity index (χ0n) is 8.40. The summed E-state index contributed by atoms with van der Waals surface area (Å²) in [5.74, 6) is 0.100. The quantitative estimate of drug-likeness (QED) is 0.617. The number of aliphatic hydroxyl groups excluding tert-OH is 1. The second kappa shape index (κ2) is 3.87. The van der Waals surface area contributed by atoms with E-state index in [0.29, 0.717) is 6.61 Å². The lowest BCUT2D eigenvalue weighted by Crippen LogP contribution is -2.61. The standard InChI is InChI=1S/C10H17NO3/c1-2-14-10(13)9-6-3-4-7(11-9)8(12)5-6/h6-9,11-12H,2-5H2,1H3/t6-,7+,8+,9+/m1/s1. The van der Waals surface area contributed by atoms with Crippen molar-refractivity contribution in [2.45, 2.75) is 44.4 Å². The van der Waals surface area contributed by atoms with Gasteiger partial charge in [0.1, 0.15) is 6.04 Å². The number of hydrogen-bond donors (Lipinski definition) is 2. The summed E-state index contributed by atoms with van der Waals surface area (Å²) in [6.07, 6.45) is 2.46. The number of aliphatic hydroxyl groups is 1. The van der Waals surface area contributed by atoms with E-state index in [9.17, 15) is 9.90 Å². The summed E-state index contributed by atoms with van der Waals surface area (Å²) in [5, 5.41) is 12.8. The third kappa shape index (κ3) is 1.64. The van der Waals surface area contributed by atoms with E-state index in [1.165, 1.54) is 0 Å². The zero-order chi connectivity index (χ0) is 10.1. The van der Waals surface area contributed by atoms with Gasteiger partial charge in [0, 0.05) is 6.04 Å². The molecule has 4 atom stereocenters. The molecule has 4 heteroatoms. The highest BCUT2D eigenvalue weighted by molar-refractivity contribution is 5.76. The van der Waals surface area contributed by atoms with E-state index in [0.717, 1.165) is 19.3 Å². The molecule has 0 amide bonds. The van der Waals surface area contributed by atoms with Crippen LogP contribution in [0.2, 0.25) is 0 Å². The van der Waals surface area contributed by atoms with E-state index in [1.807, 2.05) is 6.92 Å². The van der Waals surface area contributed by atoms with E-state index < -0.39 is 0 Å². The van der Waals surface area contributed by atoms with E-state index in [2.05, 4.69) is 5.32 Å². The summed E-state index contributed by atoms with van der Waals surface area (Å²) in [6.45, 7) is 2.24. The first-order chi connectivity index (χ1) is 6.72. The zero-order valence-corrected chi connectivity index (χ0v) is 8.40. The van der Waals surface area contributed by atoms with Crippen LogP contribution in [0.15, 0.2) is 0 Å². The lowest BCUT2D eigenvalue weighted by molar-refractivity contribution is -0.151. The highest BCUT2D eigenvalue weighted by atomic mass is 16.5. The highest BCUT2D eigenvalue weighted by Gasteiger charge is 2.44. The molecule has 1 aliphatic carbocycles. The number of fused-ring (bicyclic) bond motifs is 3. The van der Waals surface area contributed by atoms with Crippen molar-refractivity contribution in [3.63, 3.8) is 0 Å². The van der Waals surface area contributed by atoms with E-state index in [1.54, 1.807) is 0 Å². The van der Waals surface area contributed by atoms with Gasteiger partial charge in [-0.3, -0.25) is 10.1 Å². The molecular formula is C10H17NO3. The molecule has 14 heavy (non-hydrogen) atoms. The number of rotatable bonds is 2. The Kier molecular flexibility index (Phi) is 2.74. The Hall–Kier alpha value is -0.610. The van der Waals surface area contributed by atoms with Gasteiger partial charge in [-0.25, -0.2) is 0 Å². The summed E-state index contributed by atoms with van der Waals surface area (Å²) in [7, 11) is 0. The molecule has 3 fully saturated rings. The molecule has 0 spiro atoms. The summed E-state index contributed by atoms with van der Waals surface area (Å²) in [4.78, 5) is 11.5. The third-order valence-corrected chi connectivity index (χ3v) is 3.26. The van der Waals surface area contributed by atoms with Gasteiger partial charge in [-0.1, -0.05) is 0 Å². The van der Waals surface area contributed by atoms with Crippen LogP contribution in [0.3, 0.4) is 0 Å². The second-order valence-corrected chi connectivity index (χ2v) is 4.14. The van der Waals surface area contributed by atoms with Crippen molar-refractivity contribution in [2.24, 2.45) is 5.92 Å². The molecular weight excluding hydrogens is 182 g/mol. The van der Waals surface area contributed by atoms with Gasteiger partial charge in [-0.15, -0.1) is 0 Å². The molecule has 0 aromatic rings. The predicted octanol–water partition coefficient (Wildman–Crippen LogP) is 0.0509. The largest absolute Gasteiger partial charge is 0.465 e. The van der Waals surface area contributed by atoms with E-state index in [4.69, 9.17) is 4.74 Å². The fraction of sp³-hybridized carbons (Fsp3) is 0.900. The van der Waals surface area contributed by atoms with E-state index in [-0.39, 0.29) is 30.1 Å². The predicted molar refractivity (Wildman–Crippen MR) is 50.7 cm³/mol. The van der Waals surface area contributed by atoms with Crippen LogP contribution in [-0.2, 0) is 9.53 Å². The van der Waals surface area contributed by atoms with Crippen LogP contribution in [0, 0.1) is 5.92 Å². The number of ether oxygens (including phenoxy) is 1. The first kappa shape index (κ1) is 9.93. The van der Waals surface area contributed by atoms with Crippen LogP contribution < -0.4 is 5.32 Å². The normalized spacial score (nSPS) is 41.0. The van der Waals surface area contributed by atoms with E-state index >= 15 is 0 Å². The number of nitrogens with one attached hydrogen (secondary N) is 1.